The van der Waals surface area contributed by atoms with Gasteiger partial charge in [0.1, 0.15) is 24.4 Å². The Morgan fingerprint density at radius 1 is 0.956 bits per heavy atom. The quantitative estimate of drug-likeness (QED) is 0.343. The lowest BCUT2D eigenvalue weighted by Gasteiger charge is -2.43. The summed E-state index contributed by atoms with van der Waals surface area (Å²) in [6.45, 7) is 0.628. The molecule has 4 N–H and O–H groups in total. The third-order valence-electron chi connectivity index (χ3n) is 9.95. The second kappa shape index (κ2) is 12.7. The molecule has 5 aliphatic rings. The summed E-state index contributed by atoms with van der Waals surface area (Å²) in [6.07, 6.45) is -4.97. The molecule has 1 aromatic rings. The van der Waals surface area contributed by atoms with Crippen LogP contribution in [0.3, 0.4) is 0 Å². The molecule has 3 amide bonds. The maximum atomic E-state index is 14.1. The number of carbonyl (C=O) groups excluding carboxylic acids is 3. The van der Waals surface area contributed by atoms with Crippen molar-refractivity contribution in [3.63, 3.8) is 0 Å². The number of piperazine rings is 1. The van der Waals surface area contributed by atoms with Gasteiger partial charge in [-0.25, -0.2) is 17.6 Å². The summed E-state index contributed by atoms with van der Waals surface area (Å²) < 4.78 is 61.4. The predicted molar refractivity (Wildman–Crippen MR) is 150 cm³/mol. The molecular weight excluding hydrogens is 602 g/mol. The summed E-state index contributed by atoms with van der Waals surface area (Å²) in [4.78, 5) is 46.0. The standard InChI is InChI=1S/C30H39F4N5O6/c31-19-2-1-16(9-20(19)32)13-37-7-8-38-15-22(37)28(43)35-12-24-27(42)26(41)23(45-24)11-25(40)36-17-10-21(29(38)44)39(14-17)18-3-5-30(33,34)6-4-18/h1-2,9,17-18,21-24,26-27,41-42H,3-8,10-15H2,(H,35,43)(H,36,40)/t17-,21-,22-,23-,24+,26-,27+/m0/s1. The van der Waals surface area contributed by atoms with Gasteiger partial charge in [-0.05, 0) is 37.0 Å². The monoisotopic (exact) mass is 641 g/mol. The fraction of sp³-hybridized carbons (Fsp3) is 0.700. The normalized spacial score (nSPS) is 35.4. The van der Waals surface area contributed by atoms with Crippen LogP contribution in [0.1, 0.15) is 44.1 Å². The Labute approximate surface area is 257 Å². The Morgan fingerprint density at radius 3 is 2.42 bits per heavy atom. The van der Waals surface area contributed by atoms with Gasteiger partial charge in [0.25, 0.3) is 0 Å². The molecule has 1 aromatic carbocycles. The zero-order chi connectivity index (χ0) is 32.0. The van der Waals surface area contributed by atoms with E-state index in [9.17, 15) is 42.2 Å². The molecule has 1 saturated carbocycles. The van der Waals surface area contributed by atoms with Crippen LogP contribution in [0.4, 0.5) is 17.6 Å². The van der Waals surface area contributed by atoms with Gasteiger partial charge in [0, 0.05) is 64.2 Å². The van der Waals surface area contributed by atoms with Crippen molar-refractivity contribution < 1.29 is 46.9 Å². The van der Waals surface area contributed by atoms with Crippen molar-refractivity contribution in [1.82, 2.24) is 25.3 Å². The molecule has 6 rings (SSSR count). The second-order valence-corrected chi connectivity index (χ2v) is 13.0. The summed E-state index contributed by atoms with van der Waals surface area (Å²) in [5, 5.41) is 26.8. The van der Waals surface area contributed by atoms with E-state index in [0.717, 1.165) is 12.1 Å². The number of hydrogen-bond acceptors (Lipinski definition) is 8. The van der Waals surface area contributed by atoms with Crippen molar-refractivity contribution in [3.05, 3.63) is 35.4 Å². The first-order valence-corrected chi connectivity index (χ1v) is 15.6. The molecule has 0 radical (unpaired) electrons. The predicted octanol–water partition coefficient (Wildman–Crippen LogP) is 0.124. The molecule has 11 nitrogen and oxygen atoms in total. The van der Waals surface area contributed by atoms with Gasteiger partial charge in [-0.15, -0.1) is 0 Å². The average molecular weight is 642 g/mol. The van der Waals surface area contributed by atoms with Crippen molar-refractivity contribution in [2.24, 2.45) is 0 Å². The number of hydrogen-bond donors (Lipinski definition) is 4. The number of likely N-dealkylation sites (tertiary alicyclic amines) is 1. The van der Waals surface area contributed by atoms with Crippen LogP contribution in [-0.2, 0) is 25.7 Å². The number of aliphatic hydroxyl groups excluding tert-OH is 2. The Hall–Kier alpha value is -2.85. The van der Waals surface area contributed by atoms with Gasteiger partial charge < -0.3 is 30.5 Å². The number of aliphatic hydroxyl groups is 2. The molecule has 5 fully saturated rings. The van der Waals surface area contributed by atoms with Crippen LogP contribution >= 0.6 is 0 Å². The minimum absolute atomic E-state index is 0.0300. The van der Waals surface area contributed by atoms with Gasteiger partial charge >= 0.3 is 0 Å². The molecule has 15 heteroatoms. The van der Waals surface area contributed by atoms with Crippen LogP contribution in [0.25, 0.3) is 0 Å². The molecule has 0 unspecified atom stereocenters. The molecule has 0 spiro atoms. The highest BCUT2D eigenvalue weighted by Crippen LogP contribution is 2.38. The zero-order valence-corrected chi connectivity index (χ0v) is 24.7. The van der Waals surface area contributed by atoms with E-state index < -0.39 is 71.9 Å². The van der Waals surface area contributed by atoms with E-state index in [1.54, 1.807) is 9.80 Å². The SMILES string of the molecule is O=C1C[C@@H]2O[C@H](CNC(=O)[C@@H]3CN(CCN3Cc3ccc(F)c(F)c3)C(=O)[C@@H]3C[C@@H](CN3C3CCC(F)(F)CC3)N1)[C@@H](O)[C@H]2O. The Morgan fingerprint density at radius 2 is 1.69 bits per heavy atom. The van der Waals surface area contributed by atoms with Crippen LogP contribution in [0.15, 0.2) is 18.2 Å². The molecule has 4 saturated heterocycles. The lowest BCUT2D eigenvalue weighted by Crippen LogP contribution is -2.62. The lowest BCUT2D eigenvalue weighted by atomic mass is 9.90. The zero-order valence-electron chi connectivity index (χ0n) is 24.7. The largest absolute Gasteiger partial charge is 0.388 e. The molecule has 248 valence electrons. The number of fused-ring (bicyclic) bond motifs is 6. The van der Waals surface area contributed by atoms with Crippen LogP contribution < -0.4 is 10.6 Å². The number of rotatable bonds is 3. The number of carbonyl (C=O) groups is 3. The smallest absolute Gasteiger partial charge is 0.248 e. The van der Waals surface area contributed by atoms with Crippen LogP contribution in [0.5, 0.6) is 0 Å². The number of nitrogens with zero attached hydrogens (tertiary/aromatic N) is 3. The first-order valence-electron chi connectivity index (χ1n) is 15.6. The van der Waals surface area contributed by atoms with E-state index in [2.05, 4.69) is 10.6 Å². The molecule has 1 aliphatic carbocycles. The Kier molecular flexibility index (Phi) is 9.09. The average Bonchev–Trinajstić information content (AvgIpc) is 3.53. The third kappa shape index (κ3) is 6.82. The highest BCUT2D eigenvalue weighted by atomic mass is 19.3. The van der Waals surface area contributed by atoms with Gasteiger partial charge in [0.05, 0.1) is 18.6 Å². The summed E-state index contributed by atoms with van der Waals surface area (Å²) in [5.41, 5.74) is 0.434. The minimum atomic E-state index is -2.76. The number of amides is 3. The van der Waals surface area contributed by atoms with Gasteiger partial charge in [0.2, 0.25) is 23.6 Å². The van der Waals surface area contributed by atoms with Gasteiger partial charge in [0.15, 0.2) is 11.6 Å². The highest BCUT2D eigenvalue weighted by Gasteiger charge is 2.48. The van der Waals surface area contributed by atoms with Crippen molar-refractivity contribution in [3.8, 4) is 0 Å². The van der Waals surface area contributed by atoms with E-state index in [0.29, 0.717) is 5.56 Å². The van der Waals surface area contributed by atoms with E-state index >= 15 is 0 Å². The summed E-state index contributed by atoms with van der Waals surface area (Å²) in [5.74, 6) is -5.98. The maximum Gasteiger partial charge on any atom is 0.248 e. The van der Waals surface area contributed by atoms with E-state index in [1.165, 1.54) is 6.07 Å². The fourth-order valence-electron chi connectivity index (χ4n) is 7.46. The van der Waals surface area contributed by atoms with Gasteiger partial charge in [-0.2, -0.15) is 0 Å². The summed E-state index contributed by atoms with van der Waals surface area (Å²) >= 11 is 0. The molecule has 45 heavy (non-hydrogen) atoms. The van der Waals surface area contributed by atoms with Crippen LogP contribution in [0, 0.1) is 11.6 Å². The highest BCUT2D eigenvalue weighted by molar-refractivity contribution is 5.86. The molecule has 4 heterocycles. The van der Waals surface area contributed by atoms with Crippen LogP contribution in [-0.4, -0.2) is 130 Å². The van der Waals surface area contributed by atoms with E-state index in [4.69, 9.17) is 4.74 Å². The molecule has 4 aliphatic heterocycles. The van der Waals surface area contributed by atoms with Crippen molar-refractivity contribution >= 4 is 17.7 Å². The van der Waals surface area contributed by atoms with Crippen molar-refractivity contribution in [2.45, 2.75) is 99.6 Å². The number of benzene rings is 1. The Bertz CT molecular complexity index is 1300. The summed E-state index contributed by atoms with van der Waals surface area (Å²) in [7, 11) is 0. The summed E-state index contributed by atoms with van der Waals surface area (Å²) in [6, 6.07) is 1.13. The second-order valence-electron chi connectivity index (χ2n) is 13.0. The van der Waals surface area contributed by atoms with Crippen molar-refractivity contribution in [2.75, 3.05) is 32.7 Å². The van der Waals surface area contributed by atoms with E-state index in [-0.39, 0.29) is 89.7 Å². The first kappa shape index (κ1) is 32.1. The van der Waals surface area contributed by atoms with Gasteiger partial charge in [-0.3, -0.25) is 24.2 Å². The molecule has 7 atom stereocenters. The molecular formula is C30H39F4N5O6. The lowest BCUT2D eigenvalue weighted by molar-refractivity contribution is -0.143. The number of alkyl halides is 2. The van der Waals surface area contributed by atoms with E-state index in [1.807, 2.05) is 4.90 Å². The van der Waals surface area contributed by atoms with Crippen LogP contribution in [0.2, 0.25) is 0 Å². The number of nitrogens with one attached hydrogen (secondary N) is 2. The fourth-order valence-corrected chi connectivity index (χ4v) is 7.46. The number of halogens is 4. The third-order valence-corrected chi connectivity index (χ3v) is 9.95. The molecule has 0 aromatic heterocycles. The molecule has 6 bridgehead atoms. The number of ether oxygens (including phenoxy) is 1. The first-order chi connectivity index (χ1) is 21.4. The van der Waals surface area contributed by atoms with Gasteiger partial charge in [-0.1, -0.05) is 6.07 Å². The topological polar surface area (TPSA) is 135 Å². The minimum Gasteiger partial charge on any atom is -0.388 e. The maximum absolute atomic E-state index is 14.1. The van der Waals surface area contributed by atoms with Crippen molar-refractivity contribution in [1.29, 1.82) is 0 Å². The Balaban J connectivity index is 1.27.